The summed E-state index contributed by atoms with van der Waals surface area (Å²) in [5, 5.41) is 20.7. The Bertz CT molecular complexity index is 706. The molecule has 0 fully saturated rings. The van der Waals surface area contributed by atoms with Crippen molar-refractivity contribution in [1.29, 1.82) is 0 Å². The van der Waals surface area contributed by atoms with Gasteiger partial charge in [-0.05, 0) is 29.5 Å². The summed E-state index contributed by atoms with van der Waals surface area (Å²) in [4.78, 5) is 10.2. The number of aliphatic hydroxyl groups excluding tert-OH is 1. The second-order valence-corrected chi connectivity index (χ2v) is 5.53. The third kappa shape index (κ3) is 4.69. The molecule has 2 atom stereocenters. The molecule has 2 aromatic rings. The summed E-state index contributed by atoms with van der Waals surface area (Å²) in [6.45, 7) is 0.666. The Morgan fingerprint density at radius 1 is 1.21 bits per heavy atom. The van der Waals surface area contributed by atoms with E-state index < -0.39 is 12.1 Å². The molecule has 0 amide bonds. The van der Waals surface area contributed by atoms with Gasteiger partial charge in [-0.25, -0.2) is 4.79 Å². The molecule has 0 aromatic heterocycles. The van der Waals surface area contributed by atoms with E-state index in [1.807, 2.05) is 0 Å². The maximum atomic E-state index is 10.2. The fourth-order valence-electron chi connectivity index (χ4n) is 2.73. The van der Waals surface area contributed by atoms with Gasteiger partial charge in [-0.3, -0.25) is 5.32 Å². The lowest BCUT2D eigenvalue weighted by atomic mass is 10.1. The number of terminal acetylenes is 1. The van der Waals surface area contributed by atoms with Crippen molar-refractivity contribution in [2.75, 3.05) is 6.54 Å². The van der Waals surface area contributed by atoms with Crippen LogP contribution in [0.1, 0.15) is 35.3 Å². The quantitative estimate of drug-likeness (QED) is 0.757. The molecule has 0 saturated carbocycles. The molecule has 4 nitrogen and oxygen atoms in total. The van der Waals surface area contributed by atoms with E-state index in [4.69, 9.17) is 16.6 Å². The number of aliphatic carboxylic acids is 1. The summed E-state index contributed by atoms with van der Waals surface area (Å²) < 4.78 is 0. The number of aliphatic hydroxyl groups is 1. The normalized spacial score (nSPS) is 16.2. The van der Waals surface area contributed by atoms with Crippen molar-refractivity contribution in [3.8, 4) is 12.3 Å². The highest BCUT2D eigenvalue weighted by Gasteiger charge is 2.20. The second kappa shape index (κ2) is 8.88. The summed E-state index contributed by atoms with van der Waals surface area (Å²) in [6.07, 6.45) is 6.17. The van der Waals surface area contributed by atoms with Crippen LogP contribution < -0.4 is 5.32 Å². The number of hydrogen-bond donors (Lipinski definition) is 3. The van der Waals surface area contributed by atoms with E-state index in [2.05, 4.69) is 35.5 Å². The van der Waals surface area contributed by atoms with Gasteiger partial charge in [0.1, 0.15) is 0 Å². The third-order valence-electron chi connectivity index (χ3n) is 3.93. The fourth-order valence-corrected chi connectivity index (χ4v) is 2.73. The first kappa shape index (κ1) is 17.7. The first-order chi connectivity index (χ1) is 11.6. The number of fused-ring (bicyclic) bond motifs is 1. The summed E-state index contributed by atoms with van der Waals surface area (Å²) in [5.41, 5.74) is 3.30. The van der Waals surface area contributed by atoms with Crippen LogP contribution in [0.2, 0.25) is 0 Å². The van der Waals surface area contributed by atoms with Crippen LogP contribution in [0.3, 0.4) is 0 Å². The number of nitrogens with one attached hydrogen (secondary N) is 1. The number of hydrogen-bond acceptors (Lipinski definition) is 3. The Balaban J connectivity index is 0.000000177. The predicted octanol–water partition coefficient (Wildman–Crippen LogP) is 2.70. The van der Waals surface area contributed by atoms with Gasteiger partial charge in [0, 0.05) is 6.04 Å². The molecule has 3 N–H and O–H groups in total. The Hall–Kier alpha value is -2.61. The topological polar surface area (TPSA) is 69.6 Å². The molecular formula is C20H21NO3. The molecular weight excluding hydrogens is 302 g/mol. The van der Waals surface area contributed by atoms with Crippen molar-refractivity contribution in [2.24, 2.45) is 0 Å². The molecule has 0 spiro atoms. The van der Waals surface area contributed by atoms with Crippen molar-refractivity contribution < 1.29 is 15.0 Å². The summed E-state index contributed by atoms with van der Waals surface area (Å²) in [7, 11) is 0. The van der Waals surface area contributed by atoms with Gasteiger partial charge in [-0.15, -0.1) is 6.42 Å². The van der Waals surface area contributed by atoms with E-state index in [9.17, 15) is 4.79 Å². The average Bonchev–Trinajstić information content (AvgIpc) is 3.03. The van der Waals surface area contributed by atoms with Crippen LogP contribution in [0.15, 0.2) is 54.6 Å². The minimum atomic E-state index is -1.41. The van der Waals surface area contributed by atoms with Gasteiger partial charge in [-0.1, -0.05) is 60.5 Å². The van der Waals surface area contributed by atoms with Crippen LogP contribution in [0, 0.1) is 12.3 Å². The molecule has 2 aromatic carbocycles. The molecule has 1 unspecified atom stereocenters. The molecule has 24 heavy (non-hydrogen) atoms. The van der Waals surface area contributed by atoms with Crippen LogP contribution in [0.4, 0.5) is 0 Å². The van der Waals surface area contributed by atoms with Gasteiger partial charge in [-0.2, -0.15) is 0 Å². The molecule has 3 rings (SSSR count). The molecule has 4 heteroatoms. The zero-order valence-corrected chi connectivity index (χ0v) is 13.4. The first-order valence-corrected chi connectivity index (χ1v) is 7.84. The standard InChI is InChI=1S/C12H13N.C8H8O3/c1-2-9-13-12-8-7-10-5-3-4-6-11(10)12;9-7(8(10)11)6-4-2-1-3-5-6/h1,3-6,12-13H,7-9H2;1-5,7,9H,(H,10,11)/t12-;/m1./s1. The summed E-state index contributed by atoms with van der Waals surface area (Å²) in [6, 6.07) is 17.3. The van der Waals surface area contributed by atoms with Gasteiger partial charge >= 0.3 is 5.97 Å². The lowest BCUT2D eigenvalue weighted by molar-refractivity contribution is -0.146. The Labute approximate surface area is 142 Å². The van der Waals surface area contributed by atoms with Crippen molar-refractivity contribution in [3.05, 3.63) is 71.3 Å². The van der Waals surface area contributed by atoms with E-state index in [0.29, 0.717) is 18.2 Å². The lowest BCUT2D eigenvalue weighted by Gasteiger charge is -2.10. The summed E-state index contributed by atoms with van der Waals surface area (Å²) in [5.74, 6) is 1.39. The predicted molar refractivity (Wildman–Crippen MR) is 93.4 cm³/mol. The molecule has 0 aliphatic heterocycles. The number of carboxylic acid groups (broad SMARTS) is 1. The zero-order chi connectivity index (χ0) is 17.4. The highest BCUT2D eigenvalue weighted by atomic mass is 16.4. The molecule has 0 bridgehead atoms. The molecule has 0 heterocycles. The lowest BCUT2D eigenvalue weighted by Crippen LogP contribution is -2.19. The van der Waals surface area contributed by atoms with Crippen LogP contribution in [0.25, 0.3) is 0 Å². The van der Waals surface area contributed by atoms with Crippen molar-refractivity contribution in [2.45, 2.75) is 25.0 Å². The molecule has 1 aliphatic rings. The van der Waals surface area contributed by atoms with Crippen LogP contribution in [0.5, 0.6) is 0 Å². The van der Waals surface area contributed by atoms with Gasteiger partial charge < -0.3 is 10.2 Å². The van der Waals surface area contributed by atoms with E-state index in [1.165, 1.54) is 24.0 Å². The Morgan fingerprint density at radius 3 is 2.54 bits per heavy atom. The average molecular weight is 323 g/mol. The maximum Gasteiger partial charge on any atom is 0.337 e. The van der Waals surface area contributed by atoms with Gasteiger partial charge in [0.05, 0.1) is 6.54 Å². The van der Waals surface area contributed by atoms with Crippen molar-refractivity contribution >= 4 is 5.97 Å². The Kier molecular flexibility index (Phi) is 6.56. The smallest absolute Gasteiger partial charge is 0.337 e. The number of carbonyl (C=O) groups is 1. The largest absolute Gasteiger partial charge is 0.479 e. The van der Waals surface area contributed by atoms with Gasteiger partial charge in [0.2, 0.25) is 0 Å². The van der Waals surface area contributed by atoms with E-state index in [0.717, 1.165) is 0 Å². The minimum absolute atomic E-state index is 0.403. The maximum absolute atomic E-state index is 10.2. The summed E-state index contributed by atoms with van der Waals surface area (Å²) >= 11 is 0. The molecule has 124 valence electrons. The second-order valence-electron chi connectivity index (χ2n) is 5.53. The van der Waals surface area contributed by atoms with Gasteiger partial charge in [0.15, 0.2) is 6.10 Å². The number of benzene rings is 2. The minimum Gasteiger partial charge on any atom is -0.479 e. The monoisotopic (exact) mass is 323 g/mol. The van der Waals surface area contributed by atoms with Crippen molar-refractivity contribution in [3.63, 3.8) is 0 Å². The number of carboxylic acids is 1. The SMILES string of the molecule is C#CCN[C@@H]1CCc2ccccc21.O=C(O)C(O)c1ccccc1. The molecule has 0 saturated heterocycles. The third-order valence-corrected chi connectivity index (χ3v) is 3.93. The van der Waals surface area contributed by atoms with Crippen LogP contribution in [-0.2, 0) is 11.2 Å². The molecule has 0 radical (unpaired) electrons. The van der Waals surface area contributed by atoms with E-state index in [-0.39, 0.29) is 0 Å². The Morgan fingerprint density at radius 2 is 1.88 bits per heavy atom. The first-order valence-electron chi connectivity index (χ1n) is 7.84. The van der Waals surface area contributed by atoms with Gasteiger partial charge in [0.25, 0.3) is 0 Å². The number of aryl methyl sites for hydroxylation is 1. The van der Waals surface area contributed by atoms with Crippen molar-refractivity contribution in [1.82, 2.24) is 5.32 Å². The van der Waals surface area contributed by atoms with Crippen LogP contribution >= 0.6 is 0 Å². The van der Waals surface area contributed by atoms with E-state index in [1.54, 1.807) is 30.3 Å². The highest BCUT2D eigenvalue weighted by molar-refractivity contribution is 5.73. The highest BCUT2D eigenvalue weighted by Crippen LogP contribution is 2.30. The molecule has 1 aliphatic carbocycles. The number of rotatable bonds is 4. The van der Waals surface area contributed by atoms with Crippen LogP contribution in [-0.4, -0.2) is 22.7 Å². The zero-order valence-electron chi connectivity index (χ0n) is 13.4. The van der Waals surface area contributed by atoms with E-state index >= 15 is 0 Å². The fraction of sp³-hybridized carbons (Fsp3) is 0.250.